The zero-order valence-corrected chi connectivity index (χ0v) is 7.02. The number of carbonyl (C=O) groups excluding carboxylic acids is 1. The summed E-state index contributed by atoms with van der Waals surface area (Å²) in [6, 6.07) is -0.840. The van der Waals surface area contributed by atoms with Gasteiger partial charge in [-0.25, -0.2) is 4.98 Å². The molecular weight excluding hydrogens is 186 g/mol. The first-order valence-corrected chi connectivity index (χ1v) is 3.97. The predicted octanol–water partition coefficient (Wildman–Crippen LogP) is 0.282. The number of carbonyl (C=O) groups is 1. The van der Waals surface area contributed by atoms with E-state index in [1.165, 1.54) is 6.20 Å². The number of aromatic nitrogens is 1. The number of nitrogens with two attached hydrogens (primary N) is 2. The normalized spacial score (nSPS) is 12.9. The van der Waals surface area contributed by atoms with E-state index in [1.807, 2.05) is 0 Å². The maximum Gasteiger partial charge on any atom is 0.241 e. The highest BCUT2D eigenvalue weighted by molar-refractivity contribution is 7.16. The van der Waals surface area contributed by atoms with E-state index in [1.54, 1.807) is 0 Å². The number of rotatable bonds is 2. The molecular formula is C5H6ClN3OS. The third-order valence-corrected chi connectivity index (χ3v) is 2.27. The van der Waals surface area contributed by atoms with Crippen molar-refractivity contribution in [3.63, 3.8) is 0 Å². The van der Waals surface area contributed by atoms with Gasteiger partial charge in [-0.05, 0) is 0 Å². The van der Waals surface area contributed by atoms with Gasteiger partial charge in [-0.2, -0.15) is 0 Å². The lowest BCUT2D eigenvalue weighted by molar-refractivity contribution is -0.119. The quantitative estimate of drug-likeness (QED) is 0.705. The van der Waals surface area contributed by atoms with Crippen molar-refractivity contribution in [2.75, 3.05) is 0 Å². The van der Waals surface area contributed by atoms with Crippen LogP contribution in [0.25, 0.3) is 0 Å². The molecule has 1 rings (SSSR count). The van der Waals surface area contributed by atoms with Crippen LogP contribution in [0.5, 0.6) is 0 Å². The average Bonchev–Trinajstić information content (AvgIpc) is 2.34. The summed E-state index contributed by atoms with van der Waals surface area (Å²) in [5.41, 5.74) is 10.3. The van der Waals surface area contributed by atoms with Crippen LogP contribution in [0.3, 0.4) is 0 Å². The Bertz CT molecular complexity index is 274. The van der Waals surface area contributed by atoms with Crippen LogP contribution in [0.2, 0.25) is 4.34 Å². The Balaban J connectivity index is 2.84. The molecule has 4 N–H and O–H groups in total. The molecule has 1 heterocycles. The van der Waals surface area contributed by atoms with Crippen molar-refractivity contribution in [2.45, 2.75) is 6.04 Å². The minimum absolute atomic E-state index is 0.447. The second kappa shape index (κ2) is 3.17. The Hall–Kier alpha value is -0.650. The van der Waals surface area contributed by atoms with Gasteiger partial charge in [0.1, 0.15) is 15.4 Å². The van der Waals surface area contributed by atoms with E-state index in [-0.39, 0.29) is 0 Å². The van der Waals surface area contributed by atoms with E-state index in [9.17, 15) is 4.79 Å². The second-order valence-electron chi connectivity index (χ2n) is 1.88. The van der Waals surface area contributed by atoms with Crippen LogP contribution in [0.4, 0.5) is 0 Å². The molecule has 0 aliphatic rings. The first-order chi connectivity index (χ1) is 5.11. The second-order valence-corrected chi connectivity index (χ2v) is 3.58. The summed E-state index contributed by atoms with van der Waals surface area (Å²) < 4.78 is 0.497. The van der Waals surface area contributed by atoms with Crippen LogP contribution < -0.4 is 11.5 Å². The van der Waals surface area contributed by atoms with Gasteiger partial charge in [0, 0.05) is 0 Å². The summed E-state index contributed by atoms with van der Waals surface area (Å²) in [6.45, 7) is 0. The maximum atomic E-state index is 10.5. The lowest BCUT2D eigenvalue weighted by Gasteiger charge is -2.00. The van der Waals surface area contributed by atoms with Crippen LogP contribution in [-0.2, 0) is 4.79 Å². The molecule has 0 aromatic carbocycles. The molecule has 0 spiro atoms. The van der Waals surface area contributed by atoms with E-state index < -0.39 is 11.9 Å². The smallest absolute Gasteiger partial charge is 0.241 e. The van der Waals surface area contributed by atoms with Crippen molar-refractivity contribution in [3.8, 4) is 0 Å². The van der Waals surface area contributed by atoms with E-state index >= 15 is 0 Å². The van der Waals surface area contributed by atoms with Crippen molar-refractivity contribution in [1.29, 1.82) is 0 Å². The van der Waals surface area contributed by atoms with Gasteiger partial charge in [0.25, 0.3) is 0 Å². The molecule has 1 aromatic rings. The molecule has 4 nitrogen and oxygen atoms in total. The summed E-state index contributed by atoms with van der Waals surface area (Å²) >= 11 is 6.71. The van der Waals surface area contributed by atoms with Gasteiger partial charge in [0.15, 0.2) is 0 Å². The van der Waals surface area contributed by atoms with Crippen molar-refractivity contribution in [3.05, 3.63) is 15.5 Å². The van der Waals surface area contributed by atoms with Crippen molar-refractivity contribution < 1.29 is 4.79 Å². The molecule has 1 unspecified atom stereocenters. The van der Waals surface area contributed by atoms with Gasteiger partial charge in [0.2, 0.25) is 5.91 Å². The first-order valence-electron chi connectivity index (χ1n) is 2.77. The highest BCUT2D eigenvalue weighted by Crippen LogP contribution is 2.22. The highest BCUT2D eigenvalue weighted by atomic mass is 35.5. The average molecular weight is 192 g/mol. The summed E-state index contributed by atoms with van der Waals surface area (Å²) in [4.78, 5) is 14.3. The zero-order chi connectivity index (χ0) is 8.43. The van der Waals surface area contributed by atoms with E-state index in [0.29, 0.717) is 9.34 Å². The highest BCUT2D eigenvalue weighted by Gasteiger charge is 2.15. The standard InChI is InChI=1S/C5H6ClN3OS/c6-2-1-9-5(11-2)3(7)4(8)10/h1,3H,7H2,(H2,8,10). The first kappa shape index (κ1) is 8.45. The molecule has 6 heteroatoms. The van der Waals surface area contributed by atoms with Gasteiger partial charge in [-0.15, -0.1) is 11.3 Å². The lowest BCUT2D eigenvalue weighted by Crippen LogP contribution is -2.27. The topological polar surface area (TPSA) is 82.0 Å². The van der Waals surface area contributed by atoms with Gasteiger partial charge in [0.05, 0.1) is 6.20 Å². The fraction of sp³-hybridized carbons (Fsp3) is 0.200. The van der Waals surface area contributed by atoms with E-state index in [4.69, 9.17) is 23.1 Å². The maximum absolute atomic E-state index is 10.5. The van der Waals surface area contributed by atoms with Crippen LogP contribution in [-0.4, -0.2) is 10.9 Å². The summed E-state index contributed by atoms with van der Waals surface area (Å²) in [5.74, 6) is -0.601. The van der Waals surface area contributed by atoms with Gasteiger partial charge >= 0.3 is 0 Å². The van der Waals surface area contributed by atoms with Crippen molar-refractivity contribution >= 4 is 28.8 Å². The van der Waals surface area contributed by atoms with Crippen molar-refractivity contribution in [2.24, 2.45) is 11.5 Å². The van der Waals surface area contributed by atoms with E-state index in [0.717, 1.165) is 11.3 Å². The van der Waals surface area contributed by atoms with Gasteiger partial charge < -0.3 is 11.5 Å². The SMILES string of the molecule is NC(=O)C(N)c1ncc(Cl)s1. The molecule has 1 aromatic heterocycles. The van der Waals surface area contributed by atoms with Crippen LogP contribution >= 0.6 is 22.9 Å². The summed E-state index contributed by atoms with van der Waals surface area (Å²) in [6.07, 6.45) is 1.43. The number of hydrogen-bond acceptors (Lipinski definition) is 4. The minimum Gasteiger partial charge on any atom is -0.368 e. The van der Waals surface area contributed by atoms with Gasteiger partial charge in [-0.3, -0.25) is 4.79 Å². The molecule has 11 heavy (non-hydrogen) atoms. The lowest BCUT2D eigenvalue weighted by atomic mass is 10.3. The number of hydrogen-bond donors (Lipinski definition) is 2. The molecule has 0 saturated heterocycles. The number of primary amides is 1. The zero-order valence-electron chi connectivity index (χ0n) is 5.45. The summed E-state index contributed by atoms with van der Waals surface area (Å²) in [7, 11) is 0. The molecule has 0 saturated carbocycles. The fourth-order valence-electron chi connectivity index (χ4n) is 0.532. The van der Waals surface area contributed by atoms with E-state index in [2.05, 4.69) is 4.98 Å². The predicted molar refractivity (Wildman–Crippen MR) is 43.2 cm³/mol. The third kappa shape index (κ3) is 1.89. The van der Waals surface area contributed by atoms with Crippen molar-refractivity contribution in [1.82, 2.24) is 4.98 Å². The molecule has 1 atom stereocenters. The van der Waals surface area contributed by atoms with Gasteiger partial charge in [-0.1, -0.05) is 11.6 Å². The monoisotopic (exact) mass is 191 g/mol. The number of amides is 1. The molecule has 1 amide bonds. The molecule has 0 aliphatic heterocycles. The Morgan fingerprint density at radius 2 is 2.45 bits per heavy atom. The Labute approximate surface area is 72.2 Å². The molecule has 0 aliphatic carbocycles. The van der Waals surface area contributed by atoms with Crippen LogP contribution in [0.1, 0.15) is 11.0 Å². The molecule has 0 bridgehead atoms. The Morgan fingerprint density at radius 3 is 2.82 bits per heavy atom. The van der Waals surface area contributed by atoms with Crippen LogP contribution in [0, 0.1) is 0 Å². The Kier molecular flexibility index (Phi) is 2.43. The minimum atomic E-state index is -0.840. The number of thiazole rings is 1. The molecule has 0 radical (unpaired) electrons. The number of nitrogens with zero attached hydrogens (tertiary/aromatic N) is 1. The van der Waals surface area contributed by atoms with Crippen LogP contribution in [0.15, 0.2) is 6.20 Å². The summed E-state index contributed by atoms with van der Waals surface area (Å²) in [5, 5.41) is 0.447. The fourth-order valence-corrected chi connectivity index (χ4v) is 1.47. The largest absolute Gasteiger partial charge is 0.368 e. The molecule has 60 valence electrons. The molecule has 0 fully saturated rings. The third-order valence-electron chi connectivity index (χ3n) is 1.07. The number of halogens is 1. The Morgan fingerprint density at radius 1 is 1.82 bits per heavy atom.